The van der Waals surface area contributed by atoms with Crippen molar-refractivity contribution in [1.29, 1.82) is 0 Å². The topological polar surface area (TPSA) is 86.8 Å². The first-order valence-electron chi connectivity index (χ1n) is 7.45. The highest BCUT2D eigenvalue weighted by Gasteiger charge is 2.19. The summed E-state index contributed by atoms with van der Waals surface area (Å²) in [5.41, 5.74) is -0.0915. The van der Waals surface area contributed by atoms with E-state index in [0.29, 0.717) is 0 Å². The van der Waals surface area contributed by atoms with Crippen molar-refractivity contribution in [2.24, 2.45) is 0 Å². The van der Waals surface area contributed by atoms with Crippen LogP contribution in [-0.4, -0.2) is 30.1 Å². The van der Waals surface area contributed by atoms with E-state index in [-0.39, 0.29) is 28.1 Å². The molecule has 0 aliphatic rings. The van der Waals surface area contributed by atoms with E-state index < -0.39 is 23.8 Å². The maximum absolute atomic E-state index is 13.9. The van der Waals surface area contributed by atoms with E-state index in [1.807, 2.05) is 0 Å². The second-order valence-electron chi connectivity index (χ2n) is 5.14. The summed E-state index contributed by atoms with van der Waals surface area (Å²) in [6.45, 7) is 2.74. The molecule has 2 rings (SSSR count). The Bertz CT molecular complexity index is 831. The van der Waals surface area contributed by atoms with Gasteiger partial charge in [0.15, 0.2) is 11.9 Å². The van der Waals surface area contributed by atoms with Crippen molar-refractivity contribution in [3.8, 4) is 17.4 Å². The maximum Gasteiger partial charge on any atom is 0.346 e. The van der Waals surface area contributed by atoms with Crippen molar-refractivity contribution in [2.45, 2.75) is 20.0 Å². The Balaban J connectivity index is 2.31. The van der Waals surface area contributed by atoms with Crippen LogP contribution in [0.3, 0.4) is 0 Å². The van der Waals surface area contributed by atoms with Gasteiger partial charge in [-0.25, -0.2) is 14.2 Å². The van der Waals surface area contributed by atoms with Gasteiger partial charge in [-0.05, 0) is 25.1 Å². The van der Waals surface area contributed by atoms with Crippen molar-refractivity contribution in [1.82, 2.24) is 4.98 Å². The van der Waals surface area contributed by atoms with Gasteiger partial charge in [0, 0.05) is 19.2 Å². The predicted molar refractivity (Wildman–Crippen MR) is 92.1 cm³/mol. The van der Waals surface area contributed by atoms with E-state index in [1.165, 1.54) is 39.3 Å². The molecule has 1 aromatic heterocycles. The number of hydrogen-bond acceptors (Lipinski definition) is 6. The Morgan fingerprint density at radius 1 is 1.31 bits per heavy atom. The zero-order chi connectivity index (χ0) is 19.3. The fraction of sp³-hybridized carbons (Fsp3) is 0.235. The zero-order valence-electron chi connectivity index (χ0n) is 14.2. The third-order valence-electron chi connectivity index (χ3n) is 3.11. The minimum absolute atomic E-state index is 0.0202. The first-order chi connectivity index (χ1) is 12.3. The fourth-order valence-corrected chi connectivity index (χ4v) is 2.12. The molecule has 2 aromatic rings. The van der Waals surface area contributed by atoms with Crippen LogP contribution >= 0.6 is 11.6 Å². The molecular formula is C17H16ClFN2O5. The molecule has 26 heavy (non-hydrogen) atoms. The molecule has 1 unspecified atom stereocenters. The number of carbonyl (C=O) groups is 2. The number of halogens is 2. The van der Waals surface area contributed by atoms with E-state index in [4.69, 9.17) is 21.1 Å². The third kappa shape index (κ3) is 4.82. The Morgan fingerprint density at radius 2 is 2.04 bits per heavy atom. The largest absolute Gasteiger partial charge is 0.466 e. The van der Waals surface area contributed by atoms with Crippen LogP contribution < -0.4 is 14.8 Å². The molecule has 138 valence electrons. The lowest BCUT2D eigenvalue weighted by Crippen LogP contribution is -2.25. The van der Waals surface area contributed by atoms with Crippen LogP contribution in [0.25, 0.3) is 0 Å². The second kappa shape index (κ2) is 8.48. The van der Waals surface area contributed by atoms with Crippen LogP contribution in [0, 0.1) is 5.82 Å². The van der Waals surface area contributed by atoms with Crippen molar-refractivity contribution >= 4 is 29.2 Å². The molecule has 9 heteroatoms. The molecule has 0 fully saturated rings. The summed E-state index contributed by atoms with van der Waals surface area (Å²) in [7, 11) is 1.24. The van der Waals surface area contributed by atoms with Crippen molar-refractivity contribution in [3.05, 3.63) is 41.3 Å². The van der Waals surface area contributed by atoms with Gasteiger partial charge < -0.3 is 19.5 Å². The van der Waals surface area contributed by atoms with Gasteiger partial charge in [-0.3, -0.25) is 4.79 Å². The van der Waals surface area contributed by atoms with Gasteiger partial charge >= 0.3 is 5.97 Å². The number of nitrogens with zero attached hydrogens (tertiary/aromatic N) is 1. The molecule has 0 aliphatic heterocycles. The summed E-state index contributed by atoms with van der Waals surface area (Å²) in [5, 5.41) is 2.31. The number of anilines is 1. The molecule has 0 saturated carbocycles. The Hall–Kier alpha value is -2.87. The number of nitrogens with one attached hydrogen (secondary N) is 1. The van der Waals surface area contributed by atoms with Crippen LogP contribution in [-0.2, 0) is 14.3 Å². The number of esters is 1. The highest BCUT2D eigenvalue weighted by Crippen LogP contribution is 2.37. The number of hydrogen-bond donors (Lipinski definition) is 1. The molecule has 0 saturated heterocycles. The molecule has 0 spiro atoms. The highest BCUT2D eigenvalue weighted by atomic mass is 35.5. The van der Waals surface area contributed by atoms with Gasteiger partial charge in [0.05, 0.1) is 17.8 Å². The van der Waals surface area contributed by atoms with E-state index in [2.05, 4.69) is 15.0 Å². The van der Waals surface area contributed by atoms with Gasteiger partial charge in [0.25, 0.3) is 5.88 Å². The number of rotatable bonds is 6. The normalized spacial score (nSPS) is 11.4. The SMILES string of the molecule is COC(=O)C(C)Oc1ncccc1Oc1cc(NC(C)=O)c(F)cc1Cl. The standard InChI is InChI=1S/C17H16ClFN2O5/c1-9(17(23)24-3)25-16-14(5-4-6-20-16)26-15-8-13(21-10(2)22)12(19)7-11(15)18/h4-9H,1-3H3,(H,21,22). The van der Waals surface area contributed by atoms with Crippen molar-refractivity contribution in [3.63, 3.8) is 0 Å². The van der Waals surface area contributed by atoms with Gasteiger partial charge in [-0.1, -0.05) is 11.6 Å². The number of pyridine rings is 1. The number of ether oxygens (including phenoxy) is 3. The minimum Gasteiger partial charge on any atom is -0.466 e. The monoisotopic (exact) mass is 382 g/mol. The number of benzene rings is 1. The fourth-order valence-electron chi connectivity index (χ4n) is 1.94. The first kappa shape index (κ1) is 19.5. The van der Waals surface area contributed by atoms with Gasteiger partial charge in [0.1, 0.15) is 11.6 Å². The number of amides is 1. The summed E-state index contributed by atoms with van der Waals surface area (Å²) >= 11 is 6.01. The molecule has 0 bridgehead atoms. The van der Waals surface area contributed by atoms with Crippen LogP contribution in [0.1, 0.15) is 13.8 Å². The summed E-state index contributed by atoms with van der Waals surface area (Å²) in [5.74, 6) is -1.51. The van der Waals surface area contributed by atoms with Crippen molar-refractivity contribution < 1.29 is 28.2 Å². The molecule has 0 radical (unpaired) electrons. The highest BCUT2D eigenvalue weighted by molar-refractivity contribution is 6.32. The Labute approximate surface area is 154 Å². The van der Waals surface area contributed by atoms with E-state index >= 15 is 0 Å². The quantitative estimate of drug-likeness (QED) is 0.768. The molecule has 1 amide bonds. The molecule has 0 aliphatic carbocycles. The summed E-state index contributed by atoms with van der Waals surface area (Å²) in [4.78, 5) is 26.7. The minimum atomic E-state index is -0.920. The smallest absolute Gasteiger partial charge is 0.346 e. The first-order valence-corrected chi connectivity index (χ1v) is 7.83. The van der Waals surface area contributed by atoms with E-state index in [1.54, 1.807) is 6.07 Å². The Morgan fingerprint density at radius 3 is 2.69 bits per heavy atom. The van der Waals surface area contributed by atoms with Gasteiger partial charge in [-0.2, -0.15) is 0 Å². The van der Waals surface area contributed by atoms with Crippen LogP contribution in [0.15, 0.2) is 30.5 Å². The number of carbonyl (C=O) groups excluding carboxylic acids is 2. The summed E-state index contributed by atoms with van der Waals surface area (Å²) in [6, 6.07) is 5.36. The molecule has 1 heterocycles. The zero-order valence-corrected chi connectivity index (χ0v) is 15.0. The lowest BCUT2D eigenvalue weighted by atomic mass is 10.2. The molecular weight excluding hydrogens is 367 g/mol. The van der Waals surface area contributed by atoms with Gasteiger partial charge in [0.2, 0.25) is 5.91 Å². The third-order valence-corrected chi connectivity index (χ3v) is 3.41. The lowest BCUT2D eigenvalue weighted by Gasteiger charge is -2.16. The molecule has 7 nitrogen and oxygen atoms in total. The molecule has 1 atom stereocenters. The lowest BCUT2D eigenvalue weighted by molar-refractivity contribution is -0.148. The van der Waals surface area contributed by atoms with E-state index in [9.17, 15) is 14.0 Å². The van der Waals surface area contributed by atoms with Crippen LogP contribution in [0.5, 0.6) is 17.4 Å². The van der Waals surface area contributed by atoms with Crippen LogP contribution in [0.2, 0.25) is 5.02 Å². The van der Waals surface area contributed by atoms with Crippen LogP contribution in [0.4, 0.5) is 10.1 Å². The number of aromatic nitrogens is 1. The summed E-state index contributed by atoms with van der Waals surface area (Å²) < 4.78 is 29.5. The second-order valence-corrected chi connectivity index (χ2v) is 5.54. The maximum atomic E-state index is 13.9. The molecule has 1 N–H and O–H groups in total. The average molecular weight is 383 g/mol. The Kier molecular flexibility index (Phi) is 6.35. The van der Waals surface area contributed by atoms with Gasteiger partial charge in [-0.15, -0.1) is 0 Å². The molecule has 1 aromatic carbocycles. The van der Waals surface area contributed by atoms with E-state index in [0.717, 1.165) is 6.07 Å². The van der Waals surface area contributed by atoms with Crippen molar-refractivity contribution in [2.75, 3.05) is 12.4 Å². The number of methoxy groups -OCH3 is 1. The summed E-state index contributed by atoms with van der Waals surface area (Å²) in [6.07, 6.45) is 0.525. The predicted octanol–water partition coefficient (Wildman–Crippen LogP) is 3.57. The average Bonchev–Trinajstić information content (AvgIpc) is 2.59.